The predicted octanol–water partition coefficient (Wildman–Crippen LogP) is 2.04. The van der Waals surface area contributed by atoms with E-state index in [2.05, 4.69) is 32.1 Å². The van der Waals surface area contributed by atoms with Crippen LogP contribution in [0, 0.1) is 0 Å². The molecule has 0 radical (unpaired) electrons. The molecule has 4 rings (SSSR count). The summed E-state index contributed by atoms with van der Waals surface area (Å²) in [4.78, 5) is 24.1. The van der Waals surface area contributed by atoms with Gasteiger partial charge in [-0.2, -0.15) is 5.10 Å². The van der Waals surface area contributed by atoms with Crippen molar-refractivity contribution in [2.75, 3.05) is 26.7 Å². The molecule has 0 aliphatic carbocycles. The highest BCUT2D eigenvalue weighted by Crippen LogP contribution is 2.28. The summed E-state index contributed by atoms with van der Waals surface area (Å²) in [5, 5.41) is 5.31. The van der Waals surface area contributed by atoms with Gasteiger partial charge in [0.05, 0.1) is 12.7 Å². The average molecular weight is 364 g/mol. The minimum atomic E-state index is 0.131. The topological polar surface area (TPSA) is 70.1 Å². The number of carbonyl (C=O) groups is 1. The summed E-state index contributed by atoms with van der Waals surface area (Å²) in [6, 6.07) is 4.06. The van der Waals surface area contributed by atoms with Gasteiger partial charge in [0.15, 0.2) is 0 Å². The van der Waals surface area contributed by atoms with Crippen molar-refractivity contribution in [2.24, 2.45) is 7.05 Å². The van der Waals surface area contributed by atoms with Gasteiger partial charge in [-0.25, -0.2) is 4.98 Å². The summed E-state index contributed by atoms with van der Waals surface area (Å²) < 4.78 is 1.75. The minimum absolute atomic E-state index is 0.131. The molecule has 1 amide bonds. The first kappa shape index (κ1) is 17.5. The van der Waals surface area contributed by atoms with Crippen molar-refractivity contribution in [3.05, 3.63) is 54.1 Å². The van der Waals surface area contributed by atoms with Crippen molar-refractivity contribution < 1.29 is 4.79 Å². The maximum atomic E-state index is 12.5. The van der Waals surface area contributed by atoms with E-state index in [1.54, 1.807) is 22.0 Å². The Morgan fingerprint density at radius 1 is 1.41 bits per heavy atom. The highest BCUT2D eigenvalue weighted by Gasteiger charge is 2.19. The molecular weight excluding hydrogens is 340 g/mol. The lowest BCUT2D eigenvalue weighted by Gasteiger charge is -2.27. The summed E-state index contributed by atoms with van der Waals surface area (Å²) in [5.41, 5.74) is 4.50. The van der Waals surface area contributed by atoms with E-state index in [1.165, 1.54) is 11.1 Å². The molecule has 0 bridgehead atoms. The Balaban J connectivity index is 1.36. The number of carbonyl (C=O) groups excluding carboxylic acids is 1. The van der Waals surface area contributed by atoms with E-state index in [9.17, 15) is 4.79 Å². The number of aryl methyl sites for hydroxylation is 1. The largest absolute Gasteiger partial charge is 0.346 e. The second-order valence-corrected chi connectivity index (χ2v) is 7.09. The van der Waals surface area contributed by atoms with Gasteiger partial charge in [0.2, 0.25) is 5.91 Å². The van der Waals surface area contributed by atoms with Gasteiger partial charge in [-0.05, 0) is 24.1 Å². The number of fused-ring (bicyclic) bond motifs is 1. The van der Waals surface area contributed by atoms with Crippen molar-refractivity contribution in [1.29, 1.82) is 0 Å². The molecule has 7 nitrogen and oxygen atoms in total. The predicted molar refractivity (Wildman–Crippen MR) is 105 cm³/mol. The van der Waals surface area contributed by atoms with E-state index < -0.39 is 0 Å². The molecule has 3 aromatic heterocycles. The Morgan fingerprint density at radius 3 is 3.04 bits per heavy atom. The van der Waals surface area contributed by atoms with Crippen LogP contribution in [0.5, 0.6) is 0 Å². The lowest BCUT2D eigenvalue weighted by atomic mass is 9.99. The van der Waals surface area contributed by atoms with Crippen LogP contribution in [0.2, 0.25) is 0 Å². The van der Waals surface area contributed by atoms with Crippen LogP contribution in [0.25, 0.3) is 16.6 Å². The summed E-state index contributed by atoms with van der Waals surface area (Å²) in [7, 11) is 3.73. The van der Waals surface area contributed by atoms with Gasteiger partial charge < -0.3 is 9.88 Å². The van der Waals surface area contributed by atoms with E-state index in [0.29, 0.717) is 13.1 Å². The number of hydrogen-bond donors (Lipinski definition) is 1. The van der Waals surface area contributed by atoms with E-state index in [0.717, 1.165) is 36.1 Å². The first-order valence-electron chi connectivity index (χ1n) is 9.15. The number of H-pyrrole nitrogens is 1. The Bertz CT molecular complexity index is 985. The Labute approximate surface area is 158 Å². The summed E-state index contributed by atoms with van der Waals surface area (Å²) >= 11 is 0. The number of aromatic amines is 1. The van der Waals surface area contributed by atoms with Gasteiger partial charge in [-0.1, -0.05) is 6.08 Å². The lowest BCUT2D eigenvalue weighted by molar-refractivity contribution is -0.131. The molecule has 0 unspecified atom stereocenters. The molecule has 0 saturated heterocycles. The van der Waals surface area contributed by atoms with E-state index >= 15 is 0 Å². The number of hydrogen-bond acceptors (Lipinski definition) is 4. The Hall–Kier alpha value is -2.93. The van der Waals surface area contributed by atoms with Crippen LogP contribution in [0.3, 0.4) is 0 Å². The molecule has 140 valence electrons. The Kier molecular flexibility index (Phi) is 4.77. The number of likely N-dealkylation sites (N-methyl/N-ethyl adjacent to an activating group) is 1. The number of pyridine rings is 1. The van der Waals surface area contributed by atoms with Crippen LogP contribution in [0.4, 0.5) is 0 Å². The van der Waals surface area contributed by atoms with Crippen molar-refractivity contribution in [3.63, 3.8) is 0 Å². The van der Waals surface area contributed by atoms with Crippen LogP contribution < -0.4 is 0 Å². The second kappa shape index (κ2) is 7.36. The zero-order valence-corrected chi connectivity index (χ0v) is 15.7. The molecule has 1 N–H and O–H groups in total. The molecule has 7 heteroatoms. The molecule has 0 saturated carbocycles. The molecule has 3 aromatic rings. The molecule has 0 aromatic carbocycles. The van der Waals surface area contributed by atoms with Gasteiger partial charge in [0.1, 0.15) is 5.65 Å². The molecule has 1 aliphatic rings. The second-order valence-electron chi connectivity index (χ2n) is 7.09. The maximum absolute atomic E-state index is 12.5. The first-order chi connectivity index (χ1) is 13.1. The molecule has 4 heterocycles. The van der Waals surface area contributed by atoms with E-state index in [4.69, 9.17) is 0 Å². The smallest absolute Gasteiger partial charge is 0.236 e. The third-order valence-corrected chi connectivity index (χ3v) is 5.05. The zero-order valence-electron chi connectivity index (χ0n) is 15.7. The number of rotatable bonds is 5. The van der Waals surface area contributed by atoms with Crippen molar-refractivity contribution in [3.8, 4) is 0 Å². The van der Waals surface area contributed by atoms with Gasteiger partial charge in [-0.15, -0.1) is 0 Å². The van der Waals surface area contributed by atoms with Crippen LogP contribution in [-0.2, 0) is 18.4 Å². The van der Waals surface area contributed by atoms with Crippen molar-refractivity contribution in [1.82, 2.24) is 29.5 Å². The minimum Gasteiger partial charge on any atom is -0.346 e. The van der Waals surface area contributed by atoms with Gasteiger partial charge in [0.25, 0.3) is 0 Å². The number of amides is 1. The molecule has 0 fully saturated rings. The highest BCUT2D eigenvalue weighted by atomic mass is 16.2. The summed E-state index contributed by atoms with van der Waals surface area (Å²) in [6.07, 6.45) is 10.7. The summed E-state index contributed by atoms with van der Waals surface area (Å²) in [6.45, 7) is 2.69. The highest BCUT2D eigenvalue weighted by molar-refractivity contribution is 5.90. The lowest BCUT2D eigenvalue weighted by Crippen LogP contribution is -2.39. The van der Waals surface area contributed by atoms with Gasteiger partial charge in [-0.3, -0.25) is 14.4 Å². The fourth-order valence-electron chi connectivity index (χ4n) is 3.55. The normalized spacial score (nSPS) is 15.1. The maximum Gasteiger partial charge on any atom is 0.236 e. The van der Waals surface area contributed by atoms with Crippen LogP contribution in [0.15, 0.2) is 43.0 Å². The fraction of sp³-hybridized carbons (Fsp3) is 0.350. The number of nitrogens with one attached hydrogen (secondary N) is 1. The standard InChI is InChI=1S/C20H24N6O/c1-24(12-15-10-23-25(2)13-15)19(27)14-26-8-5-16(6-9-26)18-11-22-20-17(18)4-3-7-21-20/h3-5,7,10-11,13H,6,8-9,12,14H2,1-2H3,(H,21,22). The van der Waals surface area contributed by atoms with E-state index in [1.807, 2.05) is 32.6 Å². The van der Waals surface area contributed by atoms with E-state index in [-0.39, 0.29) is 5.91 Å². The average Bonchev–Trinajstić information content (AvgIpc) is 3.28. The van der Waals surface area contributed by atoms with Crippen LogP contribution in [0.1, 0.15) is 17.5 Å². The van der Waals surface area contributed by atoms with Crippen LogP contribution in [-0.4, -0.2) is 62.1 Å². The monoisotopic (exact) mass is 364 g/mol. The van der Waals surface area contributed by atoms with Crippen molar-refractivity contribution >= 4 is 22.5 Å². The fourth-order valence-corrected chi connectivity index (χ4v) is 3.55. The number of aromatic nitrogens is 4. The molecule has 1 aliphatic heterocycles. The summed E-state index contributed by atoms with van der Waals surface area (Å²) in [5.74, 6) is 0.131. The molecule has 27 heavy (non-hydrogen) atoms. The number of nitrogens with zero attached hydrogens (tertiary/aromatic N) is 5. The molecule has 0 spiro atoms. The van der Waals surface area contributed by atoms with Gasteiger partial charge >= 0.3 is 0 Å². The Morgan fingerprint density at radius 2 is 2.30 bits per heavy atom. The third kappa shape index (κ3) is 3.78. The third-order valence-electron chi connectivity index (χ3n) is 5.05. The first-order valence-corrected chi connectivity index (χ1v) is 9.15. The molecular formula is C20H24N6O. The van der Waals surface area contributed by atoms with Gasteiger partial charge in [0, 0.05) is 68.8 Å². The molecule has 0 atom stereocenters. The SMILES string of the molecule is CN(Cc1cnn(C)c1)C(=O)CN1CC=C(c2c[nH]c3ncccc23)CC1. The van der Waals surface area contributed by atoms with Crippen molar-refractivity contribution in [2.45, 2.75) is 13.0 Å². The quantitative estimate of drug-likeness (QED) is 0.752. The van der Waals surface area contributed by atoms with Crippen LogP contribution >= 0.6 is 0 Å². The zero-order chi connectivity index (χ0) is 18.8.